The lowest BCUT2D eigenvalue weighted by atomic mass is 9.90. The van der Waals surface area contributed by atoms with Gasteiger partial charge in [-0.1, -0.05) is 39.0 Å². The highest BCUT2D eigenvalue weighted by atomic mass is 16.5. The third-order valence-electron chi connectivity index (χ3n) is 5.88. The number of carbonyl (C=O) groups is 2. The molecule has 0 saturated carbocycles. The van der Waals surface area contributed by atoms with Gasteiger partial charge < -0.3 is 14.5 Å². The van der Waals surface area contributed by atoms with Gasteiger partial charge >= 0.3 is 0 Å². The number of para-hydroxylation sites is 1. The summed E-state index contributed by atoms with van der Waals surface area (Å²) >= 11 is 0. The Kier molecular flexibility index (Phi) is 7.17. The predicted molar refractivity (Wildman–Crippen MR) is 114 cm³/mol. The molecule has 0 radical (unpaired) electrons. The van der Waals surface area contributed by atoms with E-state index in [-0.39, 0.29) is 23.1 Å². The minimum atomic E-state index is -0.350. The van der Waals surface area contributed by atoms with Gasteiger partial charge in [-0.2, -0.15) is 0 Å². The number of hydrogen-bond donors (Lipinski definition) is 0. The number of benzene rings is 1. The van der Waals surface area contributed by atoms with Crippen molar-refractivity contribution in [2.45, 2.75) is 33.6 Å². The van der Waals surface area contributed by atoms with Crippen molar-refractivity contribution in [1.82, 2.24) is 14.7 Å². The Labute approximate surface area is 174 Å². The van der Waals surface area contributed by atoms with Crippen molar-refractivity contribution in [1.29, 1.82) is 0 Å². The number of carbonyl (C=O) groups excluding carboxylic acids is 2. The van der Waals surface area contributed by atoms with Gasteiger partial charge in [-0.15, -0.1) is 0 Å². The Hall–Kier alpha value is -2.08. The lowest BCUT2D eigenvalue weighted by Crippen LogP contribution is -2.53. The second-order valence-electron chi connectivity index (χ2n) is 9.14. The molecule has 0 unspecified atom stereocenters. The van der Waals surface area contributed by atoms with Gasteiger partial charge in [0.1, 0.15) is 12.4 Å². The first-order chi connectivity index (χ1) is 13.8. The SMILES string of the molecule is CC(C)(C)C(=O)N1CCC(C(=O)N2CCN(CCOc3ccccc3)CC2)CC1. The Morgan fingerprint density at radius 3 is 2.14 bits per heavy atom. The van der Waals surface area contributed by atoms with Crippen molar-refractivity contribution in [3.63, 3.8) is 0 Å². The van der Waals surface area contributed by atoms with Gasteiger partial charge in [0.25, 0.3) is 0 Å². The van der Waals surface area contributed by atoms with Gasteiger partial charge in [0.05, 0.1) is 0 Å². The molecule has 2 aliphatic rings. The van der Waals surface area contributed by atoms with E-state index in [0.29, 0.717) is 19.7 Å². The number of nitrogens with zero attached hydrogens (tertiary/aromatic N) is 3. The molecule has 2 amide bonds. The van der Waals surface area contributed by atoms with E-state index in [1.807, 2.05) is 60.9 Å². The fourth-order valence-corrected chi connectivity index (χ4v) is 4.06. The summed E-state index contributed by atoms with van der Waals surface area (Å²) in [5.74, 6) is 1.42. The lowest BCUT2D eigenvalue weighted by molar-refractivity contribution is -0.145. The van der Waals surface area contributed by atoms with Crippen molar-refractivity contribution in [2.24, 2.45) is 11.3 Å². The first-order valence-electron chi connectivity index (χ1n) is 10.8. The fourth-order valence-electron chi connectivity index (χ4n) is 4.06. The predicted octanol–water partition coefficient (Wildman–Crippen LogP) is 2.49. The number of hydrogen-bond acceptors (Lipinski definition) is 4. The summed E-state index contributed by atoms with van der Waals surface area (Å²) in [6, 6.07) is 9.87. The number of rotatable bonds is 5. The molecule has 0 N–H and O–H groups in total. The molecule has 3 rings (SSSR count). The zero-order valence-electron chi connectivity index (χ0n) is 18.1. The molecule has 0 atom stereocenters. The van der Waals surface area contributed by atoms with Crippen LogP contribution in [-0.4, -0.2) is 78.9 Å². The molecule has 0 aromatic heterocycles. The molecule has 6 heteroatoms. The molecule has 160 valence electrons. The quantitative estimate of drug-likeness (QED) is 0.761. The van der Waals surface area contributed by atoms with Crippen molar-refractivity contribution in [3.8, 4) is 5.75 Å². The lowest BCUT2D eigenvalue weighted by Gasteiger charge is -2.39. The van der Waals surface area contributed by atoms with Gasteiger partial charge in [-0.25, -0.2) is 0 Å². The number of likely N-dealkylation sites (tertiary alicyclic amines) is 1. The summed E-state index contributed by atoms with van der Waals surface area (Å²) < 4.78 is 5.78. The summed E-state index contributed by atoms with van der Waals surface area (Å²) in [6.07, 6.45) is 1.57. The fraction of sp³-hybridized carbons (Fsp3) is 0.652. The van der Waals surface area contributed by atoms with Crippen molar-refractivity contribution in [3.05, 3.63) is 30.3 Å². The zero-order chi connectivity index (χ0) is 20.9. The second-order valence-corrected chi connectivity index (χ2v) is 9.14. The van der Waals surface area contributed by atoms with Crippen LogP contribution in [0.25, 0.3) is 0 Å². The van der Waals surface area contributed by atoms with Crippen LogP contribution in [0, 0.1) is 11.3 Å². The summed E-state index contributed by atoms with van der Waals surface area (Å²) in [5, 5.41) is 0. The highest BCUT2D eigenvalue weighted by Gasteiger charge is 2.34. The van der Waals surface area contributed by atoms with E-state index in [9.17, 15) is 9.59 Å². The standard InChI is InChI=1S/C23H35N3O3/c1-23(2,3)22(28)26-11-9-19(10-12-26)21(27)25-15-13-24(14-16-25)17-18-29-20-7-5-4-6-8-20/h4-8,19H,9-18H2,1-3H3. The molecule has 1 aromatic carbocycles. The number of piperidine rings is 1. The number of piperazine rings is 1. The van der Waals surface area contributed by atoms with Gasteiger partial charge in [0.2, 0.25) is 11.8 Å². The Balaban J connectivity index is 1.36. The van der Waals surface area contributed by atoms with Crippen LogP contribution >= 0.6 is 0 Å². The molecular formula is C23H35N3O3. The topological polar surface area (TPSA) is 53.1 Å². The molecule has 29 heavy (non-hydrogen) atoms. The molecule has 1 aromatic rings. The summed E-state index contributed by atoms with van der Waals surface area (Å²) in [7, 11) is 0. The van der Waals surface area contributed by atoms with E-state index >= 15 is 0 Å². The van der Waals surface area contributed by atoms with Crippen molar-refractivity contribution < 1.29 is 14.3 Å². The Morgan fingerprint density at radius 1 is 0.931 bits per heavy atom. The van der Waals surface area contributed by atoms with Gasteiger partial charge in [-0.3, -0.25) is 14.5 Å². The van der Waals surface area contributed by atoms with E-state index in [1.54, 1.807) is 0 Å². The average molecular weight is 402 g/mol. The first kappa shape index (κ1) is 21.6. The molecule has 2 heterocycles. The van der Waals surface area contributed by atoms with Gasteiger partial charge in [0, 0.05) is 57.1 Å². The van der Waals surface area contributed by atoms with E-state index in [1.165, 1.54) is 0 Å². The molecule has 2 saturated heterocycles. The third kappa shape index (κ3) is 5.95. The molecular weight excluding hydrogens is 366 g/mol. The van der Waals surface area contributed by atoms with Crippen LogP contribution in [0.2, 0.25) is 0 Å². The molecule has 6 nitrogen and oxygen atoms in total. The van der Waals surface area contributed by atoms with Crippen molar-refractivity contribution >= 4 is 11.8 Å². The van der Waals surface area contributed by atoms with Crippen LogP contribution in [0.5, 0.6) is 5.75 Å². The molecule has 0 aliphatic carbocycles. The van der Waals surface area contributed by atoms with E-state index < -0.39 is 0 Å². The second kappa shape index (κ2) is 9.61. The highest BCUT2D eigenvalue weighted by Crippen LogP contribution is 2.25. The van der Waals surface area contributed by atoms with Crippen LogP contribution in [0.4, 0.5) is 0 Å². The van der Waals surface area contributed by atoms with Gasteiger partial charge in [-0.05, 0) is 25.0 Å². The third-order valence-corrected chi connectivity index (χ3v) is 5.88. The normalized spacial score (nSPS) is 19.3. The average Bonchev–Trinajstić information content (AvgIpc) is 2.73. The minimum Gasteiger partial charge on any atom is -0.492 e. The smallest absolute Gasteiger partial charge is 0.227 e. The highest BCUT2D eigenvalue weighted by molar-refractivity contribution is 5.82. The Bertz CT molecular complexity index is 670. The molecule has 2 aliphatic heterocycles. The number of amides is 2. The summed E-state index contributed by atoms with van der Waals surface area (Å²) in [4.78, 5) is 31.6. The maximum atomic E-state index is 12.9. The van der Waals surface area contributed by atoms with Crippen LogP contribution in [-0.2, 0) is 9.59 Å². The largest absolute Gasteiger partial charge is 0.492 e. The van der Waals surface area contributed by atoms with Crippen LogP contribution in [0.3, 0.4) is 0 Å². The van der Waals surface area contributed by atoms with Crippen LogP contribution < -0.4 is 4.74 Å². The zero-order valence-corrected chi connectivity index (χ0v) is 18.1. The van der Waals surface area contributed by atoms with Crippen LogP contribution in [0.15, 0.2) is 30.3 Å². The maximum Gasteiger partial charge on any atom is 0.227 e. The van der Waals surface area contributed by atoms with Gasteiger partial charge in [0.15, 0.2) is 0 Å². The summed E-state index contributed by atoms with van der Waals surface area (Å²) in [5.41, 5.74) is -0.350. The molecule has 0 spiro atoms. The van der Waals surface area contributed by atoms with Crippen LogP contribution in [0.1, 0.15) is 33.6 Å². The Morgan fingerprint density at radius 2 is 1.55 bits per heavy atom. The minimum absolute atomic E-state index is 0.0620. The monoisotopic (exact) mass is 401 g/mol. The molecule has 0 bridgehead atoms. The van der Waals surface area contributed by atoms with E-state index in [0.717, 1.165) is 51.3 Å². The van der Waals surface area contributed by atoms with E-state index in [2.05, 4.69) is 4.90 Å². The summed E-state index contributed by atoms with van der Waals surface area (Å²) in [6.45, 7) is 12.2. The van der Waals surface area contributed by atoms with Crippen molar-refractivity contribution in [2.75, 3.05) is 52.4 Å². The van der Waals surface area contributed by atoms with E-state index in [4.69, 9.17) is 4.74 Å². The number of ether oxygens (including phenoxy) is 1. The first-order valence-corrected chi connectivity index (χ1v) is 10.8. The molecule has 2 fully saturated rings. The maximum absolute atomic E-state index is 12.9.